The van der Waals surface area contributed by atoms with Gasteiger partial charge in [-0.3, -0.25) is 9.59 Å². The van der Waals surface area contributed by atoms with E-state index in [9.17, 15) is 22.8 Å². The second-order valence-electron chi connectivity index (χ2n) is 9.44. The Balaban J connectivity index is 1.62. The van der Waals surface area contributed by atoms with E-state index in [2.05, 4.69) is 5.10 Å². The molecule has 1 aliphatic rings. The monoisotopic (exact) mass is 553 g/mol. The predicted molar refractivity (Wildman–Crippen MR) is 144 cm³/mol. The quantitative estimate of drug-likeness (QED) is 0.352. The number of ether oxygens (including phenoxy) is 2. The van der Waals surface area contributed by atoms with Gasteiger partial charge in [0.1, 0.15) is 12.3 Å². The fraction of sp³-hybridized carbons (Fsp3) is 0.300. The number of hydrazone groups is 1. The van der Waals surface area contributed by atoms with Gasteiger partial charge in [0.15, 0.2) is 0 Å². The molecule has 0 radical (unpaired) electrons. The van der Waals surface area contributed by atoms with Crippen LogP contribution in [0.3, 0.4) is 0 Å². The van der Waals surface area contributed by atoms with E-state index in [1.165, 1.54) is 17.0 Å². The molecule has 1 atom stereocenters. The minimum Gasteiger partial charge on any atom is -0.497 e. The van der Waals surface area contributed by atoms with Gasteiger partial charge < -0.3 is 14.4 Å². The molecule has 0 fully saturated rings. The zero-order chi connectivity index (χ0) is 28.9. The van der Waals surface area contributed by atoms with Gasteiger partial charge in [-0.05, 0) is 48.9 Å². The summed E-state index contributed by atoms with van der Waals surface area (Å²) in [6, 6.07) is 18.7. The Labute approximate surface area is 230 Å². The lowest BCUT2D eigenvalue weighted by atomic mass is 9.97. The molecule has 1 heterocycles. The van der Waals surface area contributed by atoms with Crippen LogP contribution in [0.1, 0.15) is 45.1 Å². The zero-order valence-corrected chi connectivity index (χ0v) is 22.4. The third kappa shape index (κ3) is 6.69. The number of carbonyl (C=O) groups excluding carboxylic acids is 2. The molecular formula is C30H30F3N3O4. The van der Waals surface area contributed by atoms with Crippen LogP contribution >= 0.6 is 0 Å². The van der Waals surface area contributed by atoms with Gasteiger partial charge in [-0.1, -0.05) is 42.0 Å². The molecule has 0 aliphatic carbocycles. The maximum atomic E-state index is 13.7. The van der Waals surface area contributed by atoms with Crippen LogP contribution in [0.25, 0.3) is 0 Å². The molecule has 0 aromatic heterocycles. The molecule has 40 heavy (non-hydrogen) atoms. The molecule has 0 N–H and O–H groups in total. The van der Waals surface area contributed by atoms with E-state index in [0.29, 0.717) is 17.9 Å². The summed E-state index contributed by atoms with van der Waals surface area (Å²) in [5.74, 6) is -0.355. The van der Waals surface area contributed by atoms with Crippen LogP contribution < -0.4 is 4.74 Å². The molecule has 0 saturated heterocycles. The highest BCUT2D eigenvalue weighted by Crippen LogP contribution is 2.34. The van der Waals surface area contributed by atoms with Crippen molar-refractivity contribution in [1.29, 1.82) is 0 Å². The Morgan fingerprint density at radius 1 is 1.02 bits per heavy atom. The highest BCUT2D eigenvalue weighted by atomic mass is 19.4. The van der Waals surface area contributed by atoms with Gasteiger partial charge in [0.25, 0.3) is 11.8 Å². The summed E-state index contributed by atoms with van der Waals surface area (Å²) in [5, 5.41) is 6.06. The van der Waals surface area contributed by atoms with Crippen molar-refractivity contribution in [3.05, 3.63) is 101 Å². The molecule has 4 rings (SSSR count). The first-order valence-electron chi connectivity index (χ1n) is 12.7. The minimum atomic E-state index is -4.52. The van der Waals surface area contributed by atoms with E-state index < -0.39 is 29.6 Å². The summed E-state index contributed by atoms with van der Waals surface area (Å²) in [6.07, 6.45) is -4.07. The van der Waals surface area contributed by atoms with Crippen LogP contribution in [-0.2, 0) is 15.7 Å². The van der Waals surface area contributed by atoms with Gasteiger partial charge >= 0.3 is 6.18 Å². The Bertz CT molecular complexity index is 1370. The lowest BCUT2D eigenvalue weighted by Crippen LogP contribution is -2.42. The third-order valence-electron chi connectivity index (χ3n) is 6.67. The van der Waals surface area contributed by atoms with Crippen molar-refractivity contribution in [2.45, 2.75) is 25.6 Å². The average Bonchev–Trinajstić information content (AvgIpc) is 3.40. The normalized spacial score (nSPS) is 15.1. The fourth-order valence-electron chi connectivity index (χ4n) is 4.44. The maximum Gasteiger partial charge on any atom is 0.416 e. The molecule has 0 saturated carbocycles. The first-order valence-corrected chi connectivity index (χ1v) is 12.7. The maximum absolute atomic E-state index is 13.7. The summed E-state index contributed by atoms with van der Waals surface area (Å²) in [4.78, 5) is 28.2. The molecule has 210 valence electrons. The van der Waals surface area contributed by atoms with Crippen molar-refractivity contribution < 1.29 is 32.2 Å². The van der Waals surface area contributed by atoms with E-state index >= 15 is 0 Å². The smallest absolute Gasteiger partial charge is 0.416 e. The fourth-order valence-corrected chi connectivity index (χ4v) is 4.44. The number of alkyl halides is 3. The average molecular weight is 554 g/mol. The van der Waals surface area contributed by atoms with E-state index in [4.69, 9.17) is 9.47 Å². The largest absolute Gasteiger partial charge is 0.497 e. The highest BCUT2D eigenvalue weighted by Gasteiger charge is 2.35. The molecule has 0 unspecified atom stereocenters. The van der Waals surface area contributed by atoms with Gasteiger partial charge in [0, 0.05) is 31.2 Å². The summed E-state index contributed by atoms with van der Waals surface area (Å²) < 4.78 is 49.5. The Morgan fingerprint density at radius 2 is 1.73 bits per heavy atom. The second-order valence-corrected chi connectivity index (χ2v) is 9.44. The van der Waals surface area contributed by atoms with Crippen LogP contribution in [0.2, 0.25) is 0 Å². The van der Waals surface area contributed by atoms with E-state index in [1.54, 1.807) is 7.11 Å². The van der Waals surface area contributed by atoms with E-state index in [1.807, 2.05) is 55.5 Å². The van der Waals surface area contributed by atoms with Crippen molar-refractivity contribution in [3.8, 4) is 5.75 Å². The van der Waals surface area contributed by atoms with Gasteiger partial charge in [-0.25, -0.2) is 5.01 Å². The van der Waals surface area contributed by atoms with Crippen molar-refractivity contribution in [1.82, 2.24) is 9.91 Å². The van der Waals surface area contributed by atoms with Gasteiger partial charge in [-0.15, -0.1) is 0 Å². The number of halogens is 3. The lowest BCUT2D eigenvalue weighted by Gasteiger charge is -2.27. The first-order chi connectivity index (χ1) is 19.1. The number of aryl methyl sites for hydroxylation is 1. The standard InChI is InChI=1S/C30H30F3N3O4/c1-20-7-9-21(10-8-20)27-18-26(23-5-4-6-25(17-23)40-3)34-36(27)28(37)19-35(15-16-39-2)29(38)22-11-13-24(14-12-22)30(31,32)33/h4-14,17,27H,15-16,18-19H2,1-3H3/t27-/m1/s1. The number of amides is 2. The number of rotatable bonds is 9. The van der Waals surface area contributed by atoms with Gasteiger partial charge in [0.05, 0.1) is 31.0 Å². The van der Waals surface area contributed by atoms with Crippen molar-refractivity contribution in [2.24, 2.45) is 5.10 Å². The third-order valence-corrected chi connectivity index (χ3v) is 6.67. The Kier molecular flexibility index (Phi) is 8.89. The van der Waals surface area contributed by atoms with Crippen LogP contribution in [0.5, 0.6) is 5.75 Å². The minimum absolute atomic E-state index is 0.0361. The number of hydrogen-bond donors (Lipinski definition) is 0. The van der Waals surface area contributed by atoms with E-state index in [0.717, 1.165) is 41.0 Å². The zero-order valence-electron chi connectivity index (χ0n) is 22.4. The lowest BCUT2D eigenvalue weighted by molar-refractivity contribution is -0.137. The summed E-state index contributed by atoms with van der Waals surface area (Å²) in [6.45, 7) is 1.84. The number of benzene rings is 3. The van der Waals surface area contributed by atoms with Crippen LogP contribution in [-0.4, -0.2) is 61.4 Å². The molecule has 7 nitrogen and oxygen atoms in total. The Hall–Kier alpha value is -4.18. The number of hydrogen-bond acceptors (Lipinski definition) is 5. The predicted octanol–water partition coefficient (Wildman–Crippen LogP) is 5.49. The molecular weight excluding hydrogens is 523 g/mol. The number of carbonyl (C=O) groups is 2. The topological polar surface area (TPSA) is 71.4 Å². The molecule has 1 aliphatic heterocycles. The van der Waals surface area contributed by atoms with Gasteiger partial charge in [-0.2, -0.15) is 18.3 Å². The second kappa shape index (κ2) is 12.3. The SMILES string of the molecule is COCCN(CC(=O)N1N=C(c2cccc(OC)c2)C[C@@H]1c1ccc(C)cc1)C(=O)c1ccc(C(F)(F)F)cc1. The number of nitrogens with zero attached hydrogens (tertiary/aromatic N) is 3. The summed E-state index contributed by atoms with van der Waals surface area (Å²) in [7, 11) is 3.03. The van der Waals surface area contributed by atoms with E-state index in [-0.39, 0.29) is 25.3 Å². The molecule has 2 amide bonds. The molecule has 0 bridgehead atoms. The van der Waals surface area contributed by atoms with Crippen molar-refractivity contribution in [3.63, 3.8) is 0 Å². The first kappa shape index (κ1) is 28.8. The Morgan fingerprint density at radius 3 is 2.35 bits per heavy atom. The van der Waals surface area contributed by atoms with Gasteiger partial charge in [0.2, 0.25) is 0 Å². The van der Waals surface area contributed by atoms with Crippen LogP contribution in [0, 0.1) is 6.92 Å². The number of methoxy groups -OCH3 is 2. The summed E-state index contributed by atoms with van der Waals surface area (Å²) >= 11 is 0. The van der Waals surface area contributed by atoms with Crippen LogP contribution in [0.15, 0.2) is 77.9 Å². The summed E-state index contributed by atoms with van der Waals surface area (Å²) in [5.41, 5.74) is 2.63. The van der Waals surface area contributed by atoms with Crippen molar-refractivity contribution >= 4 is 17.5 Å². The molecule has 0 spiro atoms. The molecule has 10 heteroatoms. The molecule has 3 aromatic carbocycles. The molecule has 3 aromatic rings. The van der Waals surface area contributed by atoms with Crippen LogP contribution in [0.4, 0.5) is 13.2 Å². The van der Waals surface area contributed by atoms with Crippen molar-refractivity contribution in [2.75, 3.05) is 33.9 Å². The highest BCUT2D eigenvalue weighted by molar-refractivity contribution is 6.04.